The van der Waals surface area contributed by atoms with Crippen LogP contribution in [-0.4, -0.2) is 86.7 Å². The van der Waals surface area contributed by atoms with Gasteiger partial charge < -0.3 is 9.64 Å². The third kappa shape index (κ3) is 4.86. The van der Waals surface area contributed by atoms with Crippen LogP contribution in [0.4, 0.5) is 0 Å². The molecule has 1 unspecified atom stereocenters. The highest BCUT2D eigenvalue weighted by Gasteiger charge is 2.43. The monoisotopic (exact) mass is 417 g/mol. The van der Waals surface area contributed by atoms with E-state index >= 15 is 0 Å². The van der Waals surface area contributed by atoms with Crippen LogP contribution in [0.25, 0.3) is 0 Å². The Labute approximate surface area is 169 Å². The van der Waals surface area contributed by atoms with E-state index in [9.17, 15) is 18.0 Å². The van der Waals surface area contributed by atoms with Crippen LogP contribution in [0.1, 0.15) is 46.0 Å². The Hall–Kier alpha value is -1.19. The molecule has 0 N–H and O–H groups in total. The molecule has 9 heteroatoms. The fourth-order valence-electron chi connectivity index (χ4n) is 4.35. The zero-order valence-corrected chi connectivity index (χ0v) is 18.6. The third-order valence-electron chi connectivity index (χ3n) is 6.00. The predicted molar refractivity (Wildman–Crippen MR) is 107 cm³/mol. The second-order valence-electron chi connectivity index (χ2n) is 8.33. The topological polar surface area (TPSA) is 87.2 Å². The fraction of sp³-hybridized carbons (Fsp3) is 0.895. The van der Waals surface area contributed by atoms with Gasteiger partial charge in [-0.25, -0.2) is 13.2 Å². The van der Waals surface area contributed by atoms with E-state index in [1.165, 1.54) is 16.3 Å². The molecule has 0 aromatic carbocycles. The van der Waals surface area contributed by atoms with Crippen LogP contribution in [0, 0.1) is 11.8 Å². The molecule has 8 nitrogen and oxygen atoms in total. The Kier molecular flexibility index (Phi) is 7.87. The van der Waals surface area contributed by atoms with E-state index in [2.05, 4.69) is 0 Å². The normalized spacial score (nSPS) is 26.1. The van der Waals surface area contributed by atoms with E-state index in [1.807, 2.05) is 25.8 Å². The first-order valence-electron chi connectivity index (χ1n) is 10.1. The van der Waals surface area contributed by atoms with Crippen molar-refractivity contribution in [3.8, 4) is 0 Å². The van der Waals surface area contributed by atoms with Gasteiger partial charge in [0.15, 0.2) is 0 Å². The van der Waals surface area contributed by atoms with Gasteiger partial charge in [-0.3, -0.25) is 9.69 Å². The van der Waals surface area contributed by atoms with Gasteiger partial charge in [-0.2, -0.15) is 4.31 Å². The summed E-state index contributed by atoms with van der Waals surface area (Å²) in [5.74, 6) is -1.17. The lowest BCUT2D eigenvalue weighted by Gasteiger charge is -2.31. The first kappa shape index (κ1) is 23.1. The largest absolute Gasteiger partial charge is 0.467 e. The highest BCUT2D eigenvalue weighted by Crippen LogP contribution is 2.28. The van der Waals surface area contributed by atoms with Crippen LogP contribution in [0.3, 0.4) is 0 Å². The Bertz CT molecular complexity index is 666. The lowest BCUT2D eigenvalue weighted by Crippen LogP contribution is -2.49. The van der Waals surface area contributed by atoms with Crippen LogP contribution in [-0.2, 0) is 24.3 Å². The number of carbonyl (C=O) groups excluding carboxylic acids is 2. The van der Waals surface area contributed by atoms with Crippen LogP contribution in [0.5, 0.6) is 0 Å². The second kappa shape index (κ2) is 9.54. The summed E-state index contributed by atoms with van der Waals surface area (Å²) in [5, 5.41) is -0.514. The van der Waals surface area contributed by atoms with Gasteiger partial charge in [0.1, 0.15) is 11.4 Å². The molecule has 1 amide bonds. The maximum absolute atomic E-state index is 13.2. The van der Waals surface area contributed by atoms with Crippen molar-refractivity contribution in [2.75, 3.05) is 40.8 Å². The molecule has 0 saturated carbocycles. The van der Waals surface area contributed by atoms with Crippen LogP contribution < -0.4 is 0 Å². The summed E-state index contributed by atoms with van der Waals surface area (Å²) in [6, 6.07) is -0.670. The van der Waals surface area contributed by atoms with E-state index in [4.69, 9.17) is 4.74 Å². The highest BCUT2D eigenvalue weighted by atomic mass is 32.2. The average Bonchev–Trinajstić information content (AvgIpc) is 3.04. The minimum Gasteiger partial charge on any atom is -0.467 e. The number of ether oxygens (including phenoxy) is 1. The molecule has 2 fully saturated rings. The first-order valence-corrected chi connectivity index (χ1v) is 11.6. The molecule has 3 atom stereocenters. The molecule has 2 aliphatic rings. The maximum atomic E-state index is 13.2. The van der Waals surface area contributed by atoms with Crippen LogP contribution in [0.15, 0.2) is 0 Å². The van der Waals surface area contributed by atoms with Crippen molar-refractivity contribution in [3.63, 3.8) is 0 Å². The Morgan fingerprint density at radius 1 is 1.11 bits per heavy atom. The van der Waals surface area contributed by atoms with Crippen molar-refractivity contribution in [2.24, 2.45) is 11.8 Å². The molecule has 2 aliphatic heterocycles. The van der Waals surface area contributed by atoms with Gasteiger partial charge in [0, 0.05) is 20.1 Å². The van der Waals surface area contributed by atoms with Crippen molar-refractivity contribution in [2.45, 2.75) is 57.4 Å². The molecule has 2 heterocycles. The zero-order valence-electron chi connectivity index (χ0n) is 17.8. The fourth-order valence-corrected chi connectivity index (χ4v) is 6.47. The quantitative estimate of drug-likeness (QED) is 0.602. The Morgan fingerprint density at radius 2 is 1.79 bits per heavy atom. The summed E-state index contributed by atoms with van der Waals surface area (Å²) in [6.07, 6.45) is 4.07. The summed E-state index contributed by atoms with van der Waals surface area (Å²) in [7, 11) is 1.28. The standard InChI is InChI=1S/C19H35N3O5S/c1-14(2)17(19(24)27-5)21(4)18(23)15-10-12-22(13-15)28(25,26)16-9-7-6-8-11-20(16)3/h14-17H,6-13H2,1-5H3/t15-,16+,17?/m0/s1. The van der Waals surface area contributed by atoms with Crippen molar-refractivity contribution >= 4 is 21.9 Å². The van der Waals surface area contributed by atoms with Crippen molar-refractivity contribution in [1.82, 2.24) is 14.1 Å². The van der Waals surface area contributed by atoms with E-state index in [0.717, 1.165) is 25.8 Å². The number of nitrogens with zero attached hydrogens (tertiary/aromatic N) is 3. The molecule has 0 aromatic rings. The SMILES string of the molecule is COC(=O)C(C(C)C)N(C)C(=O)[C@H]1CCN(S(=O)(=O)[C@@H]2CCCCCN2C)C1. The Morgan fingerprint density at radius 3 is 2.39 bits per heavy atom. The number of hydrogen-bond acceptors (Lipinski definition) is 6. The number of likely N-dealkylation sites (tertiary alicyclic amines) is 1. The number of esters is 1. The Balaban J connectivity index is 2.09. The van der Waals surface area contributed by atoms with Gasteiger partial charge in [-0.05, 0) is 38.8 Å². The van der Waals surface area contributed by atoms with Crippen molar-refractivity contribution < 1.29 is 22.7 Å². The lowest BCUT2D eigenvalue weighted by molar-refractivity contribution is -0.155. The van der Waals surface area contributed by atoms with Gasteiger partial charge in [-0.1, -0.05) is 26.7 Å². The molecule has 162 valence electrons. The van der Waals surface area contributed by atoms with Gasteiger partial charge >= 0.3 is 5.97 Å². The number of likely N-dealkylation sites (N-methyl/N-ethyl adjacent to an activating group) is 1. The molecule has 0 aromatic heterocycles. The van der Waals surface area contributed by atoms with Crippen molar-refractivity contribution in [3.05, 3.63) is 0 Å². The number of amides is 1. The van der Waals surface area contributed by atoms with E-state index in [-0.39, 0.29) is 18.4 Å². The van der Waals surface area contributed by atoms with Gasteiger partial charge in [0.05, 0.1) is 13.0 Å². The third-order valence-corrected chi connectivity index (χ3v) is 8.33. The van der Waals surface area contributed by atoms with E-state index in [0.29, 0.717) is 19.4 Å². The molecule has 2 rings (SSSR count). The number of methoxy groups -OCH3 is 1. The molecule has 28 heavy (non-hydrogen) atoms. The van der Waals surface area contributed by atoms with Crippen molar-refractivity contribution in [1.29, 1.82) is 0 Å². The molecule has 0 aliphatic carbocycles. The molecule has 2 saturated heterocycles. The predicted octanol–water partition coefficient (Wildman–Crippen LogP) is 1.13. The summed E-state index contributed by atoms with van der Waals surface area (Å²) in [4.78, 5) is 28.4. The number of hydrogen-bond donors (Lipinski definition) is 0. The highest BCUT2D eigenvalue weighted by molar-refractivity contribution is 7.89. The number of rotatable bonds is 6. The molecular formula is C19H35N3O5S. The minimum absolute atomic E-state index is 0.0951. The summed E-state index contributed by atoms with van der Waals surface area (Å²) in [6.45, 7) is 5.03. The van der Waals surface area contributed by atoms with Gasteiger partial charge in [-0.15, -0.1) is 0 Å². The first-order chi connectivity index (χ1) is 13.1. The molecular weight excluding hydrogens is 382 g/mol. The molecule has 0 bridgehead atoms. The second-order valence-corrected chi connectivity index (χ2v) is 10.4. The average molecular weight is 418 g/mol. The molecule has 0 spiro atoms. The number of sulfonamides is 1. The van der Waals surface area contributed by atoms with Crippen LogP contribution in [0.2, 0.25) is 0 Å². The minimum atomic E-state index is -3.49. The van der Waals surface area contributed by atoms with Crippen LogP contribution >= 0.6 is 0 Å². The van der Waals surface area contributed by atoms with Gasteiger partial charge in [0.25, 0.3) is 0 Å². The zero-order chi connectivity index (χ0) is 21.1. The van der Waals surface area contributed by atoms with E-state index < -0.39 is 33.3 Å². The van der Waals surface area contributed by atoms with E-state index in [1.54, 1.807) is 7.05 Å². The summed E-state index contributed by atoms with van der Waals surface area (Å²) >= 11 is 0. The van der Waals surface area contributed by atoms with Gasteiger partial charge in [0.2, 0.25) is 15.9 Å². The smallest absolute Gasteiger partial charge is 0.328 e. The maximum Gasteiger partial charge on any atom is 0.328 e. The number of carbonyl (C=O) groups is 2. The molecule has 0 radical (unpaired) electrons. The summed E-state index contributed by atoms with van der Waals surface area (Å²) < 4.78 is 32.7. The summed E-state index contributed by atoms with van der Waals surface area (Å²) in [5.41, 5.74) is 0. The lowest BCUT2D eigenvalue weighted by atomic mass is 10.00.